The Morgan fingerprint density at radius 1 is 1.17 bits per heavy atom. The second kappa shape index (κ2) is 8.13. The molecule has 1 atom stereocenters. The summed E-state index contributed by atoms with van der Waals surface area (Å²) in [4.78, 5) is 13.6. The van der Waals surface area contributed by atoms with Crippen molar-refractivity contribution in [2.45, 2.75) is 52.5 Å². The van der Waals surface area contributed by atoms with Crippen LogP contribution in [-0.2, 0) is 6.42 Å². The van der Waals surface area contributed by atoms with Crippen molar-refractivity contribution >= 4 is 11.0 Å². The molecule has 1 aromatic heterocycles. The van der Waals surface area contributed by atoms with E-state index in [1.807, 2.05) is 0 Å². The summed E-state index contributed by atoms with van der Waals surface area (Å²) >= 11 is 0. The van der Waals surface area contributed by atoms with Gasteiger partial charge in [0.05, 0.1) is 11.0 Å². The Kier molecular flexibility index (Phi) is 5.90. The summed E-state index contributed by atoms with van der Waals surface area (Å²) in [6.07, 6.45) is 5.12. The number of nitrogens with zero attached hydrogens (tertiary/aromatic N) is 3. The Morgan fingerprint density at radius 3 is 2.62 bits per heavy atom. The standard InChI is InChI=1S/C20H32N4/c1-4-24(5-2)16(3)17-10-9-11-18-20(17)22-19(21-18)12-15-23-13-7-6-8-14-23/h9-11,16H,4-8,12-15H2,1-3H3,(H,21,22)/t16-/m0/s1. The van der Waals surface area contributed by atoms with E-state index in [0.29, 0.717) is 6.04 Å². The predicted molar refractivity (Wildman–Crippen MR) is 101 cm³/mol. The SMILES string of the molecule is CCN(CC)[C@@H](C)c1cccc2[nH]c(CCN3CCCCC3)nc12. The van der Waals surface area contributed by atoms with Crippen molar-refractivity contribution in [1.82, 2.24) is 19.8 Å². The molecule has 1 saturated heterocycles. The molecule has 1 fully saturated rings. The van der Waals surface area contributed by atoms with Crippen molar-refractivity contribution in [2.24, 2.45) is 0 Å². The van der Waals surface area contributed by atoms with Gasteiger partial charge in [-0.25, -0.2) is 4.98 Å². The van der Waals surface area contributed by atoms with Crippen molar-refractivity contribution in [3.8, 4) is 0 Å². The van der Waals surface area contributed by atoms with Crippen molar-refractivity contribution in [3.63, 3.8) is 0 Å². The van der Waals surface area contributed by atoms with E-state index in [2.05, 4.69) is 53.8 Å². The van der Waals surface area contributed by atoms with Gasteiger partial charge in [0.1, 0.15) is 5.82 Å². The van der Waals surface area contributed by atoms with Gasteiger partial charge in [-0.05, 0) is 57.6 Å². The van der Waals surface area contributed by atoms with Gasteiger partial charge in [0.2, 0.25) is 0 Å². The molecule has 1 aromatic carbocycles. The zero-order valence-electron chi connectivity index (χ0n) is 15.5. The third-order valence-electron chi connectivity index (χ3n) is 5.52. The molecular formula is C20H32N4. The lowest BCUT2D eigenvalue weighted by Gasteiger charge is -2.26. The minimum atomic E-state index is 0.405. The molecule has 2 aromatic rings. The molecule has 0 spiro atoms. The van der Waals surface area contributed by atoms with E-state index in [1.54, 1.807) is 0 Å². The number of hydrogen-bond donors (Lipinski definition) is 1. The Bertz CT molecular complexity index is 638. The molecule has 1 N–H and O–H groups in total. The van der Waals surface area contributed by atoms with Crippen LogP contribution in [0.3, 0.4) is 0 Å². The minimum Gasteiger partial charge on any atom is -0.342 e. The largest absolute Gasteiger partial charge is 0.342 e. The molecule has 4 heteroatoms. The zero-order valence-corrected chi connectivity index (χ0v) is 15.5. The topological polar surface area (TPSA) is 35.2 Å². The summed E-state index contributed by atoms with van der Waals surface area (Å²) in [6.45, 7) is 12.5. The molecule has 0 unspecified atom stereocenters. The normalized spacial score (nSPS) is 17.7. The fourth-order valence-electron chi connectivity index (χ4n) is 3.98. The quantitative estimate of drug-likeness (QED) is 0.834. The first-order chi connectivity index (χ1) is 11.7. The molecule has 0 amide bonds. The molecule has 0 radical (unpaired) electrons. The van der Waals surface area contributed by atoms with Gasteiger partial charge in [-0.3, -0.25) is 4.90 Å². The van der Waals surface area contributed by atoms with Crippen molar-refractivity contribution in [3.05, 3.63) is 29.6 Å². The van der Waals surface area contributed by atoms with Crippen LogP contribution < -0.4 is 0 Å². The van der Waals surface area contributed by atoms with Crippen molar-refractivity contribution < 1.29 is 0 Å². The number of nitrogens with one attached hydrogen (secondary N) is 1. The van der Waals surface area contributed by atoms with E-state index in [0.717, 1.165) is 37.4 Å². The summed E-state index contributed by atoms with van der Waals surface area (Å²) in [5, 5.41) is 0. The van der Waals surface area contributed by atoms with E-state index in [1.165, 1.54) is 43.4 Å². The van der Waals surface area contributed by atoms with Crippen LogP contribution in [0, 0.1) is 0 Å². The Balaban J connectivity index is 1.76. The number of aromatic nitrogens is 2. The number of aromatic amines is 1. The van der Waals surface area contributed by atoms with Crippen LogP contribution in [0.2, 0.25) is 0 Å². The highest BCUT2D eigenvalue weighted by Crippen LogP contribution is 2.26. The second-order valence-electron chi connectivity index (χ2n) is 6.98. The highest BCUT2D eigenvalue weighted by atomic mass is 15.1. The molecule has 1 aliphatic heterocycles. The highest BCUT2D eigenvalue weighted by molar-refractivity contribution is 5.79. The summed E-state index contributed by atoms with van der Waals surface area (Å²) in [5.74, 6) is 1.13. The monoisotopic (exact) mass is 328 g/mol. The fraction of sp³-hybridized carbons (Fsp3) is 0.650. The summed E-state index contributed by atoms with van der Waals surface area (Å²) < 4.78 is 0. The number of piperidine rings is 1. The third kappa shape index (κ3) is 3.81. The molecule has 0 bridgehead atoms. The van der Waals surface area contributed by atoms with Crippen LogP contribution in [-0.4, -0.2) is 52.5 Å². The maximum Gasteiger partial charge on any atom is 0.108 e. The van der Waals surface area contributed by atoms with Crippen LogP contribution in [0.4, 0.5) is 0 Å². The third-order valence-corrected chi connectivity index (χ3v) is 5.52. The van der Waals surface area contributed by atoms with Gasteiger partial charge in [0.15, 0.2) is 0 Å². The first-order valence-electron chi connectivity index (χ1n) is 9.66. The number of likely N-dealkylation sites (tertiary alicyclic amines) is 1. The van der Waals surface area contributed by atoms with E-state index in [9.17, 15) is 0 Å². The van der Waals surface area contributed by atoms with Crippen molar-refractivity contribution in [2.75, 3.05) is 32.7 Å². The van der Waals surface area contributed by atoms with Crippen LogP contribution in [0.1, 0.15) is 57.5 Å². The lowest BCUT2D eigenvalue weighted by molar-refractivity contribution is 0.230. The molecule has 2 heterocycles. The number of imidazole rings is 1. The number of fused-ring (bicyclic) bond motifs is 1. The van der Waals surface area contributed by atoms with E-state index in [-0.39, 0.29) is 0 Å². The average Bonchev–Trinajstić information content (AvgIpc) is 3.04. The average molecular weight is 329 g/mol. The van der Waals surface area contributed by atoms with Gasteiger partial charge in [-0.2, -0.15) is 0 Å². The lowest BCUT2D eigenvalue weighted by atomic mass is 10.1. The first-order valence-corrected chi connectivity index (χ1v) is 9.66. The highest BCUT2D eigenvalue weighted by Gasteiger charge is 2.17. The van der Waals surface area contributed by atoms with E-state index in [4.69, 9.17) is 4.98 Å². The minimum absolute atomic E-state index is 0.405. The molecule has 132 valence electrons. The molecular weight excluding hydrogens is 296 g/mol. The van der Waals surface area contributed by atoms with Crippen LogP contribution in [0.15, 0.2) is 18.2 Å². The van der Waals surface area contributed by atoms with Gasteiger partial charge >= 0.3 is 0 Å². The predicted octanol–water partition coefficient (Wildman–Crippen LogP) is 3.99. The first kappa shape index (κ1) is 17.4. The number of para-hydroxylation sites is 1. The van der Waals surface area contributed by atoms with Crippen molar-refractivity contribution in [1.29, 1.82) is 0 Å². The molecule has 4 nitrogen and oxygen atoms in total. The second-order valence-corrected chi connectivity index (χ2v) is 6.98. The van der Waals surface area contributed by atoms with Gasteiger partial charge in [-0.1, -0.05) is 32.4 Å². The Morgan fingerprint density at radius 2 is 1.92 bits per heavy atom. The maximum absolute atomic E-state index is 4.96. The molecule has 0 saturated carbocycles. The molecule has 1 aliphatic rings. The molecule has 0 aliphatic carbocycles. The van der Waals surface area contributed by atoms with Gasteiger partial charge in [0, 0.05) is 19.0 Å². The summed E-state index contributed by atoms with van der Waals surface area (Å²) in [6, 6.07) is 6.96. The number of hydrogen-bond acceptors (Lipinski definition) is 3. The summed E-state index contributed by atoms with van der Waals surface area (Å²) in [7, 11) is 0. The van der Waals surface area contributed by atoms with Gasteiger partial charge in [-0.15, -0.1) is 0 Å². The zero-order chi connectivity index (χ0) is 16.9. The lowest BCUT2D eigenvalue weighted by Crippen LogP contribution is -2.31. The Labute approximate surface area is 146 Å². The maximum atomic E-state index is 4.96. The van der Waals surface area contributed by atoms with Crippen LogP contribution in [0.25, 0.3) is 11.0 Å². The van der Waals surface area contributed by atoms with Crippen LogP contribution >= 0.6 is 0 Å². The smallest absolute Gasteiger partial charge is 0.108 e. The molecule has 3 rings (SSSR count). The molecule has 24 heavy (non-hydrogen) atoms. The van der Waals surface area contributed by atoms with E-state index >= 15 is 0 Å². The number of benzene rings is 1. The fourth-order valence-corrected chi connectivity index (χ4v) is 3.98. The van der Waals surface area contributed by atoms with E-state index < -0.39 is 0 Å². The summed E-state index contributed by atoms with van der Waals surface area (Å²) in [5.41, 5.74) is 3.68. The number of rotatable bonds is 7. The number of H-pyrrole nitrogens is 1. The van der Waals surface area contributed by atoms with Gasteiger partial charge < -0.3 is 9.88 Å². The van der Waals surface area contributed by atoms with Crippen LogP contribution in [0.5, 0.6) is 0 Å². The van der Waals surface area contributed by atoms with Gasteiger partial charge in [0.25, 0.3) is 0 Å². The Hall–Kier alpha value is -1.39.